The maximum atomic E-state index is 12.5. The van der Waals surface area contributed by atoms with Gasteiger partial charge in [-0.1, -0.05) is 48.5 Å². The predicted octanol–water partition coefficient (Wildman–Crippen LogP) is 4.36. The summed E-state index contributed by atoms with van der Waals surface area (Å²) in [7, 11) is 0. The molecule has 0 atom stereocenters. The predicted molar refractivity (Wildman–Crippen MR) is 164 cm³/mol. The van der Waals surface area contributed by atoms with Crippen molar-refractivity contribution in [3.63, 3.8) is 0 Å². The monoisotopic (exact) mass is 632 g/mol. The third kappa shape index (κ3) is 9.39. The number of anilines is 2. The molecule has 15 heteroatoms. The molecule has 0 spiro atoms. The number of aliphatic hydroxyl groups is 1. The molecule has 0 radical (unpaired) electrons. The van der Waals surface area contributed by atoms with E-state index in [2.05, 4.69) is 10.6 Å². The Morgan fingerprint density at radius 2 is 0.935 bits per heavy atom. The molecule has 0 aliphatic carbocycles. The number of amides is 2. The molecule has 0 saturated heterocycles. The van der Waals surface area contributed by atoms with Gasteiger partial charge in [-0.3, -0.25) is 29.8 Å². The fourth-order valence-corrected chi connectivity index (χ4v) is 3.93. The largest absolute Gasteiger partial charge is 0.489 e. The summed E-state index contributed by atoms with van der Waals surface area (Å²) >= 11 is 0. The van der Waals surface area contributed by atoms with E-state index in [9.17, 15) is 34.9 Å². The summed E-state index contributed by atoms with van der Waals surface area (Å²) in [6.07, 6.45) is -1.13. The van der Waals surface area contributed by atoms with Crippen LogP contribution in [0.2, 0.25) is 0 Å². The molecular weight excluding hydrogens is 604 g/mol. The van der Waals surface area contributed by atoms with E-state index in [4.69, 9.17) is 18.9 Å². The molecule has 4 aromatic rings. The van der Waals surface area contributed by atoms with Gasteiger partial charge in [0, 0.05) is 12.1 Å². The van der Waals surface area contributed by atoms with Crippen molar-refractivity contribution in [1.29, 1.82) is 0 Å². The smallest absolute Gasteiger partial charge is 0.310 e. The molecule has 0 aliphatic rings. The van der Waals surface area contributed by atoms with Crippen molar-refractivity contribution in [3.8, 4) is 23.0 Å². The van der Waals surface area contributed by atoms with Gasteiger partial charge < -0.3 is 34.7 Å². The zero-order valence-corrected chi connectivity index (χ0v) is 24.1. The topological polar surface area (TPSA) is 202 Å². The number of nitrogens with zero attached hydrogens (tertiary/aromatic N) is 2. The molecule has 15 nitrogen and oxygen atoms in total. The Bertz CT molecular complexity index is 1580. The molecular formula is C31H28N4O11. The van der Waals surface area contributed by atoms with E-state index in [1.807, 2.05) is 0 Å². The second-order valence-electron chi connectivity index (χ2n) is 9.39. The second-order valence-corrected chi connectivity index (χ2v) is 9.39. The van der Waals surface area contributed by atoms with E-state index < -0.39 is 41.0 Å². The van der Waals surface area contributed by atoms with Crippen LogP contribution in [-0.2, 0) is 9.59 Å². The van der Waals surface area contributed by atoms with E-state index in [0.29, 0.717) is 0 Å². The average Bonchev–Trinajstić information content (AvgIpc) is 3.05. The molecule has 2 amide bonds. The normalized spacial score (nSPS) is 10.5. The van der Waals surface area contributed by atoms with Gasteiger partial charge in [0.2, 0.25) is 0 Å². The van der Waals surface area contributed by atoms with E-state index in [1.165, 1.54) is 36.4 Å². The molecule has 4 aromatic carbocycles. The van der Waals surface area contributed by atoms with Crippen LogP contribution in [0.25, 0.3) is 0 Å². The van der Waals surface area contributed by atoms with Crippen molar-refractivity contribution in [1.82, 2.24) is 0 Å². The van der Waals surface area contributed by atoms with Crippen LogP contribution in [0.5, 0.6) is 23.0 Å². The zero-order chi connectivity index (χ0) is 32.9. The van der Waals surface area contributed by atoms with Gasteiger partial charge >= 0.3 is 11.4 Å². The van der Waals surface area contributed by atoms with Crippen LogP contribution in [0.1, 0.15) is 0 Å². The summed E-state index contributed by atoms with van der Waals surface area (Å²) in [6, 6.07) is 24.3. The Labute approximate surface area is 261 Å². The number of hydrogen-bond donors (Lipinski definition) is 3. The molecule has 0 aromatic heterocycles. The summed E-state index contributed by atoms with van der Waals surface area (Å²) in [5, 5.41) is 38.0. The van der Waals surface area contributed by atoms with Crippen molar-refractivity contribution in [2.75, 3.05) is 37.1 Å². The SMILES string of the molecule is O=C(COc1ccccc1[N+](=O)[O-])Nc1ccccc1OCC(O)COc1ccccc1NC(=O)COc1ccccc1[N+](=O)[O-]. The van der Waals surface area contributed by atoms with Gasteiger partial charge in [0.05, 0.1) is 21.2 Å². The third-order valence-electron chi connectivity index (χ3n) is 6.03. The van der Waals surface area contributed by atoms with Crippen LogP contribution in [-0.4, -0.2) is 59.3 Å². The van der Waals surface area contributed by atoms with E-state index in [0.717, 1.165) is 0 Å². The molecule has 3 N–H and O–H groups in total. The van der Waals surface area contributed by atoms with Gasteiger partial charge in [0.15, 0.2) is 24.7 Å². The van der Waals surface area contributed by atoms with Gasteiger partial charge in [-0.15, -0.1) is 0 Å². The number of carbonyl (C=O) groups is 2. The number of nitrogens with one attached hydrogen (secondary N) is 2. The number of aliphatic hydroxyl groups excluding tert-OH is 1. The quantitative estimate of drug-likeness (QED) is 0.117. The molecule has 0 aliphatic heterocycles. The maximum absolute atomic E-state index is 12.5. The highest BCUT2D eigenvalue weighted by Gasteiger charge is 2.18. The van der Waals surface area contributed by atoms with Crippen molar-refractivity contribution in [3.05, 3.63) is 117 Å². The lowest BCUT2D eigenvalue weighted by molar-refractivity contribution is -0.386. The van der Waals surface area contributed by atoms with Gasteiger partial charge in [0.1, 0.15) is 30.8 Å². The number of carbonyl (C=O) groups excluding carboxylic acids is 2. The van der Waals surface area contributed by atoms with Gasteiger partial charge in [0.25, 0.3) is 11.8 Å². The number of rotatable bonds is 16. The molecule has 4 rings (SSSR count). The van der Waals surface area contributed by atoms with Crippen molar-refractivity contribution in [2.45, 2.75) is 6.10 Å². The summed E-state index contributed by atoms with van der Waals surface area (Å²) < 4.78 is 22.0. The Hall–Kier alpha value is -6.22. The van der Waals surface area contributed by atoms with Crippen molar-refractivity contribution >= 4 is 34.6 Å². The van der Waals surface area contributed by atoms with Crippen LogP contribution in [0.3, 0.4) is 0 Å². The fraction of sp³-hybridized carbons (Fsp3) is 0.161. The molecule has 46 heavy (non-hydrogen) atoms. The second kappa shape index (κ2) is 16.0. The molecule has 0 unspecified atom stereocenters. The van der Waals surface area contributed by atoms with E-state index in [-0.39, 0.29) is 59.0 Å². The number of nitro groups is 2. The number of benzene rings is 4. The van der Waals surface area contributed by atoms with Gasteiger partial charge in [-0.05, 0) is 36.4 Å². The highest BCUT2D eigenvalue weighted by atomic mass is 16.6. The van der Waals surface area contributed by atoms with E-state index >= 15 is 0 Å². The lowest BCUT2D eigenvalue weighted by Crippen LogP contribution is -2.26. The number of para-hydroxylation sites is 8. The standard InChI is InChI=1S/C31H28N4O11/c36-21(17-43-26-13-5-1-9-22(26)32-30(37)19-45-28-15-7-3-11-24(28)34(39)40)18-44-27-14-6-2-10-23(27)33-31(38)20-46-29-16-8-4-12-25(29)35(41)42/h1-16,21,36H,17-20H2,(H,32,37)(H,33,38). The van der Waals surface area contributed by atoms with Crippen LogP contribution in [0, 0.1) is 20.2 Å². The number of nitro benzene ring substituents is 2. The highest BCUT2D eigenvalue weighted by molar-refractivity contribution is 5.94. The first kappa shape index (κ1) is 32.7. The van der Waals surface area contributed by atoms with Crippen LogP contribution in [0.4, 0.5) is 22.7 Å². The first-order valence-electron chi connectivity index (χ1n) is 13.6. The van der Waals surface area contributed by atoms with E-state index in [1.54, 1.807) is 60.7 Å². The lowest BCUT2D eigenvalue weighted by atomic mass is 10.2. The lowest BCUT2D eigenvalue weighted by Gasteiger charge is -2.17. The average molecular weight is 633 g/mol. The Balaban J connectivity index is 1.26. The minimum absolute atomic E-state index is 0.0525. The minimum Gasteiger partial charge on any atom is -0.489 e. The molecule has 0 saturated carbocycles. The van der Waals surface area contributed by atoms with Crippen molar-refractivity contribution in [2.24, 2.45) is 0 Å². The highest BCUT2D eigenvalue weighted by Crippen LogP contribution is 2.28. The third-order valence-corrected chi connectivity index (χ3v) is 6.03. The van der Waals surface area contributed by atoms with Crippen LogP contribution >= 0.6 is 0 Å². The van der Waals surface area contributed by atoms with Gasteiger partial charge in [-0.25, -0.2) is 0 Å². The Kier molecular flexibility index (Phi) is 11.4. The van der Waals surface area contributed by atoms with Crippen molar-refractivity contribution < 1.29 is 43.5 Å². The number of ether oxygens (including phenoxy) is 4. The molecule has 0 bridgehead atoms. The summed E-state index contributed by atoms with van der Waals surface area (Å²) in [5.41, 5.74) is 0.0158. The first-order valence-corrected chi connectivity index (χ1v) is 13.6. The first-order chi connectivity index (χ1) is 22.2. The Morgan fingerprint density at radius 3 is 1.33 bits per heavy atom. The minimum atomic E-state index is -1.13. The van der Waals surface area contributed by atoms with Crippen LogP contribution in [0.15, 0.2) is 97.1 Å². The zero-order valence-electron chi connectivity index (χ0n) is 24.1. The molecule has 0 heterocycles. The molecule has 0 fully saturated rings. The van der Waals surface area contributed by atoms with Gasteiger partial charge in [-0.2, -0.15) is 0 Å². The fourth-order valence-electron chi connectivity index (χ4n) is 3.93. The maximum Gasteiger partial charge on any atom is 0.310 e. The van der Waals surface area contributed by atoms with Crippen LogP contribution < -0.4 is 29.6 Å². The number of hydrogen-bond acceptors (Lipinski definition) is 11. The summed E-state index contributed by atoms with van der Waals surface area (Å²) in [5.74, 6) is -0.807. The molecule has 238 valence electrons. The summed E-state index contributed by atoms with van der Waals surface area (Å²) in [4.78, 5) is 46.0. The summed E-state index contributed by atoms with van der Waals surface area (Å²) in [6.45, 7) is -1.44. The Morgan fingerprint density at radius 1 is 0.587 bits per heavy atom.